The summed E-state index contributed by atoms with van der Waals surface area (Å²) in [4.78, 5) is 11.3. The monoisotopic (exact) mass is 521 g/mol. The zero-order valence-electron chi connectivity index (χ0n) is 21.4. The highest BCUT2D eigenvalue weighted by atomic mass is 32.2. The van der Waals surface area contributed by atoms with Crippen LogP contribution in [0.3, 0.4) is 0 Å². The molecule has 1 amide bonds. The third-order valence-electron chi connectivity index (χ3n) is 7.16. The molecular weight excluding hydrogens is 486 g/mol. The number of amides is 1. The molecule has 0 saturated heterocycles. The standard InChI is InChI=1S/C29H35N3O4S/c1-22(33)32-37(34,35)31-21-29(26-9-6-10-28(19-26)36-2)17-15-27(16-18-29)30-20-23-11-13-25(14-12-23)24-7-4-3-5-8-24/h3-14,19,27,30-31H,15-18,20-21H2,1-2H3,(H,32,33)/t27-,29-. The fourth-order valence-corrected chi connectivity index (χ4v) is 5.98. The van der Waals surface area contributed by atoms with Crippen LogP contribution in [-0.4, -0.2) is 34.0 Å². The number of hydrogen-bond acceptors (Lipinski definition) is 5. The van der Waals surface area contributed by atoms with Crippen LogP contribution in [0.5, 0.6) is 5.75 Å². The molecule has 8 heteroatoms. The second-order valence-electron chi connectivity index (χ2n) is 9.71. The lowest BCUT2D eigenvalue weighted by atomic mass is 9.68. The Kier molecular flexibility index (Phi) is 8.63. The SMILES string of the molecule is COc1cccc([C@]2(CNS(=O)(=O)NC(C)=O)CC[C@@H](NCc3ccc(-c4ccccc4)cc3)CC2)c1. The second kappa shape index (κ2) is 11.9. The number of methoxy groups -OCH3 is 1. The molecule has 3 N–H and O–H groups in total. The highest BCUT2D eigenvalue weighted by Gasteiger charge is 2.38. The maximum atomic E-state index is 12.3. The summed E-state index contributed by atoms with van der Waals surface area (Å²) in [5.41, 5.74) is 4.28. The van der Waals surface area contributed by atoms with Gasteiger partial charge in [-0.25, -0.2) is 4.72 Å². The van der Waals surface area contributed by atoms with Gasteiger partial charge in [-0.2, -0.15) is 13.1 Å². The first-order chi connectivity index (χ1) is 17.8. The minimum Gasteiger partial charge on any atom is -0.497 e. The molecule has 0 radical (unpaired) electrons. The van der Waals surface area contributed by atoms with E-state index in [2.05, 4.69) is 46.4 Å². The number of benzene rings is 3. The molecule has 1 fully saturated rings. The van der Waals surface area contributed by atoms with Crippen LogP contribution in [0.4, 0.5) is 0 Å². The fraction of sp³-hybridized carbons (Fsp3) is 0.345. The molecule has 4 rings (SSSR count). The van der Waals surface area contributed by atoms with Crippen molar-refractivity contribution in [3.05, 3.63) is 90.0 Å². The van der Waals surface area contributed by atoms with Gasteiger partial charge in [0.15, 0.2) is 0 Å². The van der Waals surface area contributed by atoms with Crippen molar-refractivity contribution >= 4 is 16.1 Å². The summed E-state index contributed by atoms with van der Waals surface area (Å²) < 4.78 is 34.7. The summed E-state index contributed by atoms with van der Waals surface area (Å²) >= 11 is 0. The van der Waals surface area contributed by atoms with E-state index in [-0.39, 0.29) is 6.54 Å². The average molecular weight is 522 g/mol. The number of hydrogen-bond donors (Lipinski definition) is 3. The lowest BCUT2D eigenvalue weighted by Crippen LogP contribution is -2.49. The molecule has 3 aromatic carbocycles. The van der Waals surface area contributed by atoms with Crippen LogP contribution < -0.4 is 19.5 Å². The molecule has 0 bridgehead atoms. The highest BCUT2D eigenvalue weighted by Crippen LogP contribution is 2.40. The van der Waals surface area contributed by atoms with Crippen LogP contribution in [0.15, 0.2) is 78.9 Å². The predicted molar refractivity (Wildman–Crippen MR) is 146 cm³/mol. The molecule has 0 aromatic heterocycles. The largest absolute Gasteiger partial charge is 0.497 e. The molecule has 3 aromatic rings. The Balaban J connectivity index is 1.40. The van der Waals surface area contributed by atoms with E-state index in [0.29, 0.717) is 6.04 Å². The molecule has 0 unspecified atom stereocenters. The summed E-state index contributed by atoms with van der Waals surface area (Å²) in [6, 6.07) is 27.1. The van der Waals surface area contributed by atoms with Crippen molar-refractivity contribution in [2.75, 3.05) is 13.7 Å². The van der Waals surface area contributed by atoms with E-state index >= 15 is 0 Å². The Hall–Kier alpha value is -3.20. The zero-order chi connectivity index (χ0) is 26.3. The molecule has 1 aliphatic rings. The Morgan fingerprint density at radius 1 is 0.946 bits per heavy atom. The van der Waals surface area contributed by atoms with Gasteiger partial charge in [0.05, 0.1) is 7.11 Å². The highest BCUT2D eigenvalue weighted by molar-refractivity contribution is 7.88. The number of rotatable bonds is 10. The summed E-state index contributed by atoms with van der Waals surface area (Å²) in [6.45, 7) is 2.17. The first-order valence-corrected chi connectivity index (χ1v) is 14.1. The van der Waals surface area contributed by atoms with E-state index in [9.17, 15) is 13.2 Å². The number of carbonyl (C=O) groups excluding carboxylic acids is 1. The molecule has 1 saturated carbocycles. The van der Waals surface area contributed by atoms with Crippen LogP contribution in [-0.2, 0) is 27.0 Å². The van der Waals surface area contributed by atoms with E-state index in [1.165, 1.54) is 23.6 Å². The van der Waals surface area contributed by atoms with Crippen molar-refractivity contribution in [1.29, 1.82) is 0 Å². The van der Waals surface area contributed by atoms with Gasteiger partial charge in [0.1, 0.15) is 5.75 Å². The smallest absolute Gasteiger partial charge is 0.301 e. The molecular formula is C29H35N3O4S. The average Bonchev–Trinajstić information content (AvgIpc) is 2.91. The Morgan fingerprint density at radius 3 is 2.27 bits per heavy atom. The van der Waals surface area contributed by atoms with Gasteiger partial charge in [-0.05, 0) is 60.1 Å². The second-order valence-corrected chi connectivity index (χ2v) is 11.2. The molecule has 0 spiro atoms. The van der Waals surface area contributed by atoms with E-state index in [1.54, 1.807) is 7.11 Å². The van der Waals surface area contributed by atoms with Crippen LogP contribution >= 0.6 is 0 Å². The van der Waals surface area contributed by atoms with Crippen LogP contribution in [0, 0.1) is 0 Å². The maximum absolute atomic E-state index is 12.3. The minimum absolute atomic E-state index is 0.205. The lowest BCUT2D eigenvalue weighted by molar-refractivity contribution is -0.117. The van der Waals surface area contributed by atoms with Crippen molar-refractivity contribution < 1.29 is 17.9 Å². The quantitative estimate of drug-likeness (QED) is 0.370. The summed E-state index contributed by atoms with van der Waals surface area (Å²) in [5, 5.41) is 3.69. The van der Waals surface area contributed by atoms with E-state index in [0.717, 1.165) is 43.5 Å². The molecule has 0 aliphatic heterocycles. The van der Waals surface area contributed by atoms with Gasteiger partial charge in [0.2, 0.25) is 5.91 Å². The van der Waals surface area contributed by atoms with Crippen LogP contribution in [0.2, 0.25) is 0 Å². The van der Waals surface area contributed by atoms with Crippen molar-refractivity contribution in [2.45, 2.75) is 50.6 Å². The molecule has 1 aliphatic carbocycles. The molecule has 0 atom stereocenters. The number of carbonyl (C=O) groups is 1. The maximum Gasteiger partial charge on any atom is 0.301 e. The van der Waals surface area contributed by atoms with Gasteiger partial charge in [0, 0.05) is 31.5 Å². The number of nitrogens with one attached hydrogen (secondary N) is 3. The Labute approximate surface area is 219 Å². The molecule has 0 heterocycles. The lowest BCUT2D eigenvalue weighted by Gasteiger charge is -2.41. The topological polar surface area (TPSA) is 96.5 Å². The van der Waals surface area contributed by atoms with Gasteiger partial charge in [-0.15, -0.1) is 0 Å². The Morgan fingerprint density at radius 2 is 1.62 bits per heavy atom. The normalized spacial score (nSPS) is 19.8. The summed E-state index contributed by atoms with van der Waals surface area (Å²) in [7, 11) is -2.30. The third-order valence-corrected chi connectivity index (χ3v) is 8.24. The first-order valence-electron chi connectivity index (χ1n) is 12.6. The van der Waals surface area contributed by atoms with Gasteiger partial charge in [0.25, 0.3) is 0 Å². The van der Waals surface area contributed by atoms with Crippen molar-refractivity contribution in [1.82, 2.24) is 14.8 Å². The summed E-state index contributed by atoms with van der Waals surface area (Å²) in [6.07, 6.45) is 3.41. The number of ether oxygens (including phenoxy) is 1. The van der Waals surface area contributed by atoms with Crippen LogP contribution in [0.25, 0.3) is 11.1 Å². The van der Waals surface area contributed by atoms with E-state index < -0.39 is 21.5 Å². The van der Waals surface area contributed by atoms with Crippen molar-refractivity contribution in [3.63, 3.8) is 0 Å². The van der Waals surface area contributed by atoms with E-state index in [4.69, 9.17) is 4.74 Å². The molecule has 37 heavy (non-hydrogen) atoms. The van der Waals surface area contributed by atoms with Gasteiger partial charge in [-0.1, -0.05) is 66.7 Å². The van der Waals surface area contributed by atoms with Crippen LogP contribution in [0.1, 0.15) is 43.7 Å². The van der Waals surface area contributed by atoms with Gasteiger partial charge >= 0.3 is 10.2 Å². The van der Waals surface area contributed by atoms with Crippen molar-refractivity contribution in [2.24, 2.45) is 0 Å². The Bertz CT molecular complexity index is 1290. The first kappa shape index (κ1) is 26.9. The molecule has 7 nitrogen and oxygen atoms in total. The molecule has 196 valence electrons. The fourth-order valence-electron chi connectivity index (χ4n) is 5.06. The minimum atomic E-state index is -3.92. The van der Waals surface area contributed by atoms with Crippen molar-refractivity contribution in [3.8, 4) is 16.9 Å². The van der Waals surface area contributed by atoms with Gasteiger partial charge in [-0.3, -0.25) is 4.79 Å². The van der Waals surface area contributed by atoms with Gasteiger partial charge < -0.3 is 10.1 Å². The third kappa shape index (κ3) is 7.19. The zero-order valence-corrected chi connectivity index (χ0v) is 22.2. The summed E-state index contributed by atoms with van der Waals surface area (Å²) in [5.74, 6) is 0.119. The predicted octanol–water partition coefficient (Wildman–Crippen LogP) is 4.30. The van der Waals surface area contributed by atoms with E-state index in [1.807, 2.05) is 47.2 Å².